The lowest BCUT2D eigenvalue weighted by atomic mass is 10.1. The van der Waals surface area contributed by atoms with Gasteiger partial charge in [0.05, 0.1) is 0 Å². The topological polar surface area (TPSA) is 9.23 Å². The first kappa shape index (κ1) is 17.5. The summed E-state index contributed by atoms with van der Waals surface area (Å²) < 4.78 is 5.08. The summed E-state index contributed by atoms with van der Waals surface area (Å²) in [5.74, 6) is 6.28. The smallest absolute Gasteiger partial charge is 0.115 e. The van der Waals surface area contributed by atoms with Gasteiger partial charge in [0.15, 0.2) is 0 Å². The largest absolute Gasteiger partial charge is 0.369 e. The van der Waals surface area contributed by atoms with Crippen molar-refractivity contribution in [3.63, 3.8) is 0 Å². The van der Waals surface area contributed by atoms with Crippen LogP contribution in [-0.2, 0) is 4.74 Å². The zero-order valence-corrected chi connectivity index (χ0v) is 12.8. The van der Waals surface area contributed by atoms with E-state index in [2.05, 4.69) is 18.8 Å². The Kier molecular flexibility index (Phi) is 14.2. The molecule has 1 atom stereocenters. The first-order valence-corrected chi connectivity index (χ1v) is 7.82. The highest BCUT2D eigenvalue weighted by Gasteiger charge is 1.92. The molecular weight excluding hydrogens is 220 g/mol. The summed E-state index contributed by atoms with van der Waals surface area (Å²) in [7, 11) is 1.71. The number of hydrogen-bond acceptors (Lipinski definition) is 1. The number of rotatable bonds is 11. The van der Waals surface area contributed by atoms with Crippen LogP contribution >= 0.6 is 0 Å². The second-order valence-electron chi connectivity index (χ2n) is 5.13. The fraction of sp³-hybridized carbons (Fsp3) is 0.882. The van der Waals surface area contributed by atoms with Gasteiger partial charge in [0.25, 0.3) is 0 Å². The molecule has 0 aliphatic rings. The molecule has 1 heteroatoms. The van der Waals surface area contributed by atoms with E-state index in [-0.39, 0.29) is 6.10 Å². The van der Waals surface area contributed by atoms with Gasteiger partial charge in [-0.25, -0.2) is 0 Å². The molecule has 0 aromatic carbocycles. The molecule has 0 aliphatic carbocycles. The molecule has 0 fully saturated rings. The highest BCUT2D eigenvalue weighted by atomic mass is 16.5. The average molecular weight is 252 g/mol. The summed E-state index contributed by atoms with van der Waals surface area (Å²) >= 11 is 0. The Morgan fingerprint density at radius 3 is 1.83 bits per heavy atom. The minimum Gasteiger partial charge on any atom is -0.369 e. The normalized spacial score (nSPS) is 11.9. The lowest BCUT2D eigenvalue weighted by molar-refractivity contribution is 0.163. The monoisotopic (exact) mass is 252 g/mol. The second-order valence-corrected chi connectivity index (χ2v) is 5.13. The molecule has 0 heterocycles. The van der Waals surface area contributed by atoms with Gasteiger partial charge in [-0.1, -0.05) is 70.6 Å². The maximum Gasteiger partial charge on any atom is 0.115 e. The average Bonchev–Trinajstić information content (AvgIpc) is 2.39. The van der Waals surface area contributed by atoms with E-state index >= 15 is 0 Å². The van der Waals surface area contributed by atoms with Gasteiger partial charge in [0.1, 0.15) is 6.10 Å². The van der Waals surface area contributed by atoms with E-state index in [0.29, 0.717) is 0 Å². The van der Waals surface area contributed by atoms with Crippen LogP contribution in [0.25, 0.3) is 0 Å². The fourth-order valence-electron chi connectivity index (χ4n) is 1.98. The van der Waals surface area contributed by atoms with Crippen LogP contribution in [-0.4, -0.2) is 13.2 Å². The molecule has 0 aromatic rings. The Balaban J connectivity index is 3.09. The van der Waals surface area contributed by atoms with Crippen LogP contribution in [0.15, 0.2) is 0 Å². The van der Waals surface area contributed by atoms with Gasteiger partial charge in [-0.3, -0.25) is 0 Å². The van der Waals surface area contributed by atoms with Crippen LogP contribution in [0.1, 0.15) is 84.5 Å². The van der Waals surface area contributed by atoms with E-state index in [0.717, 1.165) is 6.42 Å². The predicted molar refractivity (Wildman–Crippen MR) is 80.7 cm³/mol. The summed E-state index contributed by atoms with van der Waals surface area (Å²) in [5.41, 5.74) is 0. The van der Waals surface area contributed by atoms with E-state index in [1.807, 2.05) is 6.92 Å². The van der Waals surface area contributed by atoms with Crippen molar-refractivity contribution in [2.24, 2.45) is 0 Å². The minimum atomic E-state index is 0.0909. The molecule has 18 heavy (non-hydrogen) atoms. The lowest BCUT2D eigenvalue weighted by Gasteiger charge is -2.01. The maximum absolute atomic E-state index is 5.08. The molecule has 1 nitrogen and oxygen atoms in total. The Morgan fingerprint density at radius 2 is 1.33 bits per heavy atom. The zero-order valence-electron chi connectivity index (χ0n) is 12.8. The summed E-state index contributed by atoms with van der Waals surface area (Å²) in [6, 6.07) is 0. The van der Waals surface area contributed by atoms with E-state index < -0.39 is 0 Å². The van der Waals surface area contributed by atoms with Gasteiger partial charge in [0, 0.05) is 13.5 Å². The van der Waals surface area contributed by atoms with Gasteiger partial charge in [-0.2, -0.15) is 0 Å². The van der Waals surface area contributed by atoms with Gasteiger partial charge in [-0.05, 0) is 13.3 Å². The molecular formula is C17H32O. The molecule has 0 aliphatic heterocycles. The number of methoxy groups -OCH3 is 1. The van der Waals surface area contributed by atoms with E-state index in [1.54, 1.807) is 7.11 Å². The van der Waals surface area contributed by atoms with Gasteiger partial charge in [-0.15, -0.1) is 5.92 Å². The van der Waals surface area contributed by atoms with Crippen molar-refractivity contribution in [3.05, 3.63) is 0 Å². The van der Waals surface area contributed by atoms with E-state index in [1.165, 1.54) is 64.2 Å². The molecule has 0 rings (SSSR count). The molecule has 0 amide bonds. The Labute approximate surface area is 115 Å². The van der Waals surface area contributed by atoms with Crippen molar-refractivity contribution < 1.29 is 4.74 Å². The van der Waals surface area contributed by atoms with Gasteiger partial charge in [0.2, 0.25) is 0 Å². The van der Waals surface area contributed by atoms with Crippen LogP contribution in [0.5, 0.6) is 0 Å². The zero-order chi connectivity index (χ0) is 13.5. The summed E-state index contributed by atoms with van der Waals surface area (Å²) in [6.45, 7) is 4.27. The lowest BCUT2D eigenvalue weighted by Crippen LogP contribution is -1.99. The quantitative estimate of drug-likeness (QED) is 0.356. The third-order valence-corrected chi connectivity index (χ3v) is 3.31. The minimum absolute atomic E-state index is 0.0909. The summed E-state index contributed by atoms with van der Waals surface area (Å²) in [6.07, 6.45) is 15.0. The SMILES string of the molecule is CCCCCCCCCCCCC#CC(C)OC. The van der Waals surface area contributed by atoms with Crippen molar-refractivity contribution in [1.29, 1.82) is 0 Å². The molecule has 0 bridgehead atoms. The highest BCUT2D eigenvalue weighted by molar-refractivity contribution is 5.03. The second kappa shape index (κ2) is 14.6. The van der Waals surface area contributed by atoms with Crippen molar-refractivity contribution in [2.45, 2.75) is 90.6 Å². The van der Waals surface area contributed by atoms with Gasteiger partial charge < -0.3 is 4.74 Å². The summed E-state index contributed by atoms with van der Waals surface area (Å²) in [4.78, 5) is 0. The van der Waals surface area contributed by atoms with Crippen LogP contribution in [0.4, 0.5) is 0 Å². The Bertz CT molecular complexity index is 211. The van der Waals surface area contributed by atoms with Crippen LogP contribution in [0.3, 0.4) is 0 Å². The number of hydrogen-bond donors (Lipinski definition) is 0. The fourth-order valence-corrected chi connectivity index (χ4v) is 1.98. The van der Waals surface area contributed by atoms with E-state index in [9.17, 15) is 0 Å². The molecule has 1 unspecified atom stereocenters. The van der Waals surface area contributed by atoms with Crippen LogP contribution in [0, 0.1) is 11.8 Å². The third-order valence-electron chi connectivity index (χ3n) is 3.31. The Hall–Kier alpha value is -0.480. The highest BCUT2D eigenvalue weighted by Crippen LogP contribution is 2.10. The predicted octanol–water partition coefficient (Wildman–Crippen LogP) is 5.34. The van der Waals surface area contributed by atoms with Crippen molar-refractivity contribution in [2.75, 3.05) is 7.11 Å². The Morgan fingerprint density at radius 1 is 0.833 bits per heavy atom. The molecule has 0 saturated carbocycles. The van der Waals surface area contributed by atoms with E-state index in [4.69, 9.17) is 4.74 Å². The molecule has 0 saturated heterocycles. The molecule has 0 N–H and O–H groups in total. The first-order chi connectivity index (χ1) is 8.81. The first-order valence-electron chi connectivity index (χ1n) is 7.82. The van der Waals surface area contributed by atoms with Crippen molar-refractivity contribution >= 4 is 0 Å². The molecule has 0 radical (unpaired) electrons. The maximum atomic E-state index is 5.08. The summed E-state index contributed by atoms with van der Waals surface area (Å²) in [5, 5.41) is 0. The molecule has 0 aromatic heterocycles. The standard InChI is InChI=1S/C17H32O/c1-4-5-6-7-8-9-10-11-12-13-14-15-16-17(2)18-3/h17H,4-14H2,1-3H3. The van der Waals surface area contributed by atoms with Crippen molar-refractivity contribution in [3.8, 4) is 11.8 Å². The molecule has 0 spiro atoms. The third kappa shape index (κ3) is 13.6. The number of ether oxygens (including phenoxy) is 1. The number of unbranched alkanes of at least 4 members (excludes halogenated alkanes) is 10. The van der Waals surface area contributed by atoms with Crippen LogP contribution < -0.4 is 0 Å². The molecule has 106 valence electrons. The van der Waals surface area contributed by atoms with Crippen molar-refractivity contribution in [1.82, 2.24) is 0 Å². The van der Waals surface area contributed by atoms with Gasteiger partial charge >= 0.3 is 0 Å². The van der Waals surface area contributed by atoms with Crippen LogP contribution in [0.2, 0.25) is 0 Å².